The Morgan fingerprint density at radius 2 is 1.45 bits per heavy atom. The summed E-state index contributed by atoms with van der Waals surface area (Å²) in [5.41, 5.74) is 1.82. The van der Waals surface area contributed by atoms with Crippen molar-refractivity contribution in [3.8, 4) is 0 Å². The molecule has 0 aliphatic heterocycles. The number of rotatable bonds is 5. The van der Waals surface area contributed by atoms with Crippen molar-refractivity contribution in [3.05, 3.63) is 71.5 Å². The van der Waals surface area contributed by atoms with Crippen LogP contribution in [0, 0.1) is 5.82 Å². The van der Waals surface area contributed by atoms with Crippen LogP contribution in [0.5, 0.6) is 0 Å². The summed E-state index contributed by atoms with van der Waals surface area (Å²) >= 11 is 0. The molecule has 0 saturated carbocycles. The first-order chi connectivity index (χ1) is 10.6. The number of nitrogens with one attached hydrogen (secondary N) is 2. The molecule has 0 unspecified atom stereocenters. The van der Waals surface area contributed by atoms with E-state index in [1.54, 1.807) is 12.1 Å². The van der Waals surface area contributed by atoms with Gasteiger partial charge in [0.05, 0.1) is 0 Å². The molecule has 114 valence electrons. The summed E-state index contributed by atoms with van der Waals surface area (Å²) in [6, 6.07) is 15.4. The Labute approximate surface area is 128 Å². The van der Waals surface area contributed by atoms with Gasteiger partial charge in [0.15, 0.2) is 0 Å². The lowest BCUT2D eigenvalue weighted by Crippen LogP contribution is -2.40. The van der Waals surface area contributed by atoms with Crippen molar-refractivity contribution >= 4 is 11.8 Å². The molecule has 0 saturated heterocycles. The van der Waals surface area contributed by atoms with Crippen LogP contribution >= 0.6 is 0 Å². The zero-order valence-electron chi connectivity index (χ0n) is 12.0. The highest BCUT2D eigenvalue weighted by Gasteiger charge is 2.12. The van der Waals surface area contributed by atoms with Gasteiger partial charge in [0, 0.05) is 13.1 Å². The Bertz CT molecular complexity index is 627. The maximum Gasteiger partial charge on any atom is 0.309 e. The van der Waals surface area contributed by atoms with Crippen molar-refractivity contribution in [2.24, 2.45) is 0 Å². The molecule has 0 aliphatic carbocycles. The minimum Gasteiger partial charge on any atom is -0.348 e. The van der Waals surface area contributed by atoms with E-state index in [1.165, 1.54) is 12.1 Å². The van der Waals surface area contributed by atoms with E-state index in [-0.39, 0.29) is 12.4 Å². The predicted molar refractivity (Wildman–Crippen MR) is 81.4 cm³/mol. The second kappa shape index (κ2) is 7.93. The van der Waals surface area contributed by atoms with E-state index in [0.717, 1.165) is 11.1 Å². The largest absolute Gasteiger partial charge is 0.348 e. The van der Waals surface area contributed by atoms with Gasteiger partial charge in [-0.3, -0.25) is 9.59 Å². The number of amides is 2. The van der Waals surface area contributed by atoms with Crippen molar-refractivity contribution in [2.45, 2.75) is 13.0 Å². The molecule has 22 heavy (non-hydrogen) atoms. The summed E-state index contributed by atoms with van der Waals surface area (Å²) in [5, 5.41) is 5.06. The molecule has 0 aliphatic rings. The fraction of sp³-hybridized carbons (Fsp3) is 0.176. The number of hydrogen-bond acceptors (Lipinski definition) is 2. The first kappa shape index (κ1) is 15.7. The normalized spacial score (nSPS) is 10.0. The summed E-state index contributed by atoms with van der Waals surface area (Å²) in [4.78, 5) is 23.3. The van der Waals surface area contributed by atoms with Crippen LogP contribution in [0.15, 0.2) is 54.6 Å². The van der Waals surface area contributed by atoms with E-state index < -0.39 is 11.8 Å². The molecule has 2 aromatic rings. The zero-order chi connectivity index (χ0) is 15.8. The first-order valence-corrected chi connectivity index (χ1v) is 6.99. The van der Waals surface area contributed by atoms with E-state index in [9.17, 15) is 14.0 Å². The Kier molecular flexibility index (Phi) is 5.65. The maximum absolute atomic E-state index is 12.7. The van der Waals surface area contributed by atoms with Crippen molar-refractivity contribution < 1.29 is 14.0 Å². The SMILES string of the molecule is O=C(NCCc1ccccc1)C(=O)NCc1ccc(F)cc1. The lowest BCUT2D eigenvalue weighted by molar-refractivity contribution is -0.139. The van der Waals surface area contributed by atoms with Crippen molar-refractivity contribution in [1.29, 1.82) is 0 Å². The van der Waals surface area contributed by atoms with Crippen LogP contribution in [-0.4, -0.2) is 18.4 Å². The summed E-state index contributed by atoms with van der Waals surface area (Å²) in [6.07, 6.45) is 0.665. The Balaban J connectivity index is 1.70. The van der Waals surface area contributed by atoms with Crippen molar-refractivity contribution in [2.75, 3.05) is 6.54 Å². The minimum absolute atomic E-state index is 0.186. The predicted octanol–water partition coefficient (Wildman–Crippen LogP) is 1.80. The minimum atomic E-state index is -0.697. The number of halogens is 1. The molecule has 0 spiro atoms. The highest BCUT2D eigenvalue weighted by atomic mass is 19.1. The molecule has 0 atom stereocenters. The van der Waals surface area contributed by atoms with Crippen molar-refractivity contribution in [1.82, 2.24) is 10.6 Å². The van der Waals surface area contributed by atoms with Crippen LogP contribution in [-0.2, 0) is 22.6 Å². The number of carbonyl (C=O) groups is 2. The monoisotopic (exact) mass is 300 g/mol. The van der Waals surface area contributed by atoms with Gasteiger partial charge in [-0.05, 0) is 29.7 Å². The van der Waals surface area contributed by atoms with Gasteiger partial charge in [0.25, 0.3) is 0 Å². The summed E-state index contributed by atoms with van der Waals surface area (Å²) in [5.74, 6) is -1.70. The molecule has 0 fully saturated rings. The van der Waals surface area contributed by atoms with Gasteiger partial charge in [-0.25, -0.2) is 4.39 Å². The summed E-state index contributed by atoms with van der Waals surface area (Å²) in [7, 11) is 0. The third kappa shape index (κ3) is 5.01. The van der Waals surface area contributed by atoms with E-state index in [2.05, 4.69) is 10.6 Å². The highest BCUT2D eigenvalue weighted by Crippen LogP contribution is 2.02. The molecule has 0 heterocycles. The van der Waals surface area contributed by atoms with Crippen LogP contribution in [0.1, 0.15) is 11.1 Å². The molecule has 0 bridgehead atoms. The Morgan fingerprint density at radius 3 is 2.14 bits per heavy atom. The van der Waals surface area contributed by atoms with Gasteiger partial charge in [-0.1, -0.05) is 42.5 Å². The molecule has 0 radical (unpaired) electrons. The fourth-order valence-corrected chi connectivity index (χ4v) is 1.91. The number of hydrogen-bond donors (Lipinski definition) is 2. The lowest BCUT2D eigenvalue weighted by atomic mass is 10.1. The first-order valence-electron chi connectivity index (χ1n) is 6.99. The third-order valence-electron chi connectivity index (χ3n) is 3.11. The molecule has 2 rings (SSSR count). The Morgan fingerprint density at radius 1 is 0.818 bits per heavy atom. The van der Waals surface area contributed by atoms with Gasteiger partial charge >= 0.3 is 11.8 Å². The van der Waals surface area contributed by atoms with Crippen LogP contribution in [0.25, 0.3) is 0 Å². The van der Waals surface area contributed by atoms with Gasteiger partial charge in [0.2, 0.25) is 0 Å². The van der Waals surface area contributed by atoms with Crippen molar-refractivity contribution in [3.63, 3.8) is 0 Å². The standard InChI is InChI=1S/C17H17FN2O2/c18-15-8-6-14(7-9-15)12-20-17(22)16(21)19-11-10-13-4-2-1-3-5-13/h1-9H,10-12H2,(H,19,21)(H,20,22). The van der Waals surface area contributed by atoms with Crippen LogP contribution < -0.4 is 10.6 Å². The smallest absolute Gasteiger partial charge is 0.309 e. The van der Waals surface area contributed by atoms with Gasteiger partial charge in [-0.2, -0.15) is 0 Å². The zero-order valence-corrected chi connectivity index (χ0v) is 12.0. The number of benzene rings is 2. The second-order valence-corrected chi connectivity index (χ2v) is 4.80. The topological polar surface area (TPSA) is 58.2 Å². The van der Waals surface area contributed by atoms with E-state index in [1.807, 2.05) is 30.3 Å². The summed E-state index contributed by atoms with van der Waals surface area (Å²) in [6.45, 7) is 0.581. The van der Waals surface area contributed by atoms with E-state index in [0.29, 0.717) is 13.0 Å². The molecule has 4 nitrogen and oxygen atoms in total. The van der Waals surface area contributed by atoms with Gasteiger partial charge in [-0.15, -0.1) is 0 Å². The Hall–Kier alpha value is -2.69. The molecular weight excluding hydrogens is 283 g/mol. The van der Waals surface area contributed by atoms with Gasteiger partial charge < -0.3 is 10.6 Å². The molecule has 2 aromatic carbocycles. The fourth-order valence-electron chi connectivity index (χ4n) is 1.91. The number of carbonyl (C=O) groups excluding carboxylic acids is 2. The average molecular weight is 300 g/mol. The lowest BCUT2D eigenvalue weighted by Gasteiger charge is -2.07. The molecule has 5 heteroatoms. The molecule has 0 aromatic heterocycles. The second-order valence-electron chi connectivity index (χ2n) is 4.80. The van der Waals surface area contributed by atoms with E-state index in [4.69, 9.17) is 0 Å². The third-order valence-corrected chi connectivity index (χ3v) is 3.11. The molecule has 2 amide bonds. The van der Waals surface area contributed by atoms with E-state index >= 15 is 0 Å². The molecule has 2 N–H and O–H groups in total. The van der Waals surface area contributed by atoms with Crippen LogP contribution in [0.2, 0.25) is 0 Å². The summed E-state index contributed by atoms with van der Waals surface area (Å²) < 4.78 is 12.7. The average Bonchev–Trinajstić information content (AvgIpc) is 2.55. The quantitative estimate of drug-likeness (QED) is 0.827. The highest BCUT2D eigenvalue weighted by molar-refractivity contribution is 6.35. The van der Waals surface area contributed by atoms with Crippen LogP contribution in [0.3, 0.4) is 0 Å². The van der Waals surface area contributed by atoms with Crippen LogP contribution in [0.4, 0.5) is 4.39 Å². The maximum atomic E-state index is 12.7. The van der Waals surface area contributed by atoms with Gasteiger partial charge in [0.1, 0.15) is 5.82 Å². The molecular formula is C17H17FN2O2.